The molecule has 0 bridgehead atoms. The van der Waals surface area contributed by atoms with E-state index < -0.39 is 0 Å². The predicted octanol–water partition coefficient (Wildman–Crippen LogP) is 2.79. The van der Waals surface area contributed by atoms with E-state index in [2.05, 4.69) is 24.0 Å². The minimum Gasteiger partial charge on any atom is -0.368 e. The molecular formula is C12H17ClN2. The van der Waals surface area contributed by atoms with Gasteiger partial charge in [0.15, 0.2) is 0 Å². The lowest BCUT2D eigenvalue weighted by atomic mass is 10.2. The Kier molecular flexibility index (Phi) is 3.17. The average molecular weight is 225 g/mol. The van der Waals surface area contributed by atoms with E-state index in [9.17, 15) is 0 Å². The number of hydrogen-bond acceptors (Lipinski definition) is 2. The summed E-state index contributed by atoms with van der Waals surface area (Å²) in [5, 5.41) is 0.826. The molecule has 1 aromatic rings. The first-order chi connectivity index (χ1) is 7.26. The quantitative estimate of drug-likeness (QED) is 0.852. The zero-order valence-corrected chi connectivity index (χ0v) is 9.80. The fourth-order valence-electron chi connectivity index (χ4n) is 1.92. The Bertz CT molecular complexity index is 347. The van der Waals surface area contributed by atoms with Gasteiger partial charge in [0.2, 0.25) is 0 Å². The van der Waals surface area contributed by atoms with Crippen LogP contribution in [0.5, 0.6) is 0 Å². The second-order valence-electron chi connectivity index (χ2n) is 4.01. The van der Waals surface area contributed by atoms with E-state index in [4.69, 9.17) is 17.3 Å². The van der Waals surface area contributed by atoms with Crippen molar-refractivity contribution in [2.24, 2.45) is 5.73 Å². The SMILES string of the molecule is CCN(c1ccc(CN)cc1Cl)C1CC1. The Morgan fingerprint density at radius 3 is 2.67 bits per heavy atom. The zero-order valence-electron chi connectivity index (χ0n) is 9.04. The Morgan fingerprint density at radius 2 is 2.20 bits per heavy atom. The molecule has 82 valence electrons. The van der Waals surface area contributed by atoms with Crippen molar-refractivity contribution in [1.29, 1.82) is 0 Å². The number of nitrogens with two attached hydrogens (primary N) is 1. The molecule has 1 saturated carbocycles. The van der Waals surface area contributed by atoms with Crippen LogP contribution in [0.15, 0.2) is 18.2 Å². The lowest BCUT2D eigenvalue weighted by Crippen LogP contribution is -2.25. The molecule has 0 unspecified atom stereocenters. The van der Waals surface area contributed by atoms with Crippen LogP contribution in [0.4, 0.5) is 5.69 Å². The van der Waals surface area contributed by atoms with Crippen molar-refractivity contribution in [3.05, 3.63) is 28.8 Å². The van der Waals surface area contributed by atoms with Crippen LogP contribution in [-0.4, -0.2) is 12.6 Å². The second kappa shape index (κ2) is 4.42. The van der Waals surface area contributed by atoms with Gasteiger partial charge in [-0.2, -0.15) is 0 Å². The zero-order chi connectivity index (χ0) is 10.8. The lowest BCUT2D eigenvalue weighted by molar-refractivity contribution is 0.826. The summed E-state index contributed by atoms with van der Waals surface area (Å²) in [6.45, 7) is 3.74. The van der Waals surface area contributed by atoms with Crippen LogP contribution in [0, 0.1) is 0 Å². The Morgan fingerprint density at radius 1 is 1.47 bits per heavy atom. The third-order valence-corrected chi connectivity index (χ3v) is 3.19. The number of nitrogens with zero attached hydrogens (tertiary/aromatic N) is 1. The summed E-state index contributed by atoms with van der Waals surface area (Å²) in [4.78, 5) is 2.38. The standard InChI is InChI=1S/C12H17ClN2/c1-2-15(10-4-5-10)12-6-3-9(8-14)7-11(12)13/h3,6-7,10H,2,4-5,8,14H2,1H3. The summed E-state index contributed by atoms with van der Waals surface area (Å²) in [5.41, 5.74) is 7.82. The van der Waals surface area contributed by atoms with Crippen molar-refractivity contribution in [2.45, 2.75) is 32.4 Å². The second-order valence-corrected chi connectivity index (χ2v) is 4.41. The summed E-state index contributed by atoms with van der Waals surface area (Å²) in [7, 11) is 0. The van der Waals surface area contributed by atoms with Crippen LogP contribution >= 0.6 is 11.6 Å². The monoisotopic (exact) mass is 224 g/mol. The van der Waals surface area contributed by atoms with Gasteiger partial charge in [-0.3, -0.25) is 0 Å². The van der Waals surface area contributed by atoms with E-state index >= 15 is 0 Å². The highest BCUT2D eigenvalue weighted by atomic mass is 35.5. The van der Waals surface area contributed by atoms with Crippen molar-refractivity contribution >= 4 is 17.3 Å². The predicted molar refractivity (Wildman–Crippen MR) is 65.4 cm³/mol. The van der Waals surface area contributed by atoms with Crippen molar-refractivity contribution < 1.29 is 0 Å². The largest absolute Gasteiger partial charge is 0.368 e. The molecule has 0 atom stereocenters. The smallest absolute Gasteiger partial charge is 0.0642 e. The van der Waals surface area contributed by atoms with Crippen LogP contribution in [-0.2, 0) is 6.54 Å². The third-order valence-electron chi connectivity index (χ3n) is 2.89. The Hall–Kier alpha value is -0.730. The fourth-order valence-corrected chi connectivity index (χ4v) is 2.23. The van der Waals surface area contributed by atoms with E-state index in [1.54, 1.807) is 0 Å². The summed E-state index contributed by atoms with van der Waals surface area (Å²) < 4.78 is 0. The normalized spacial score (nSPS) is 15.4. The number of halogens is 1. The Balaban J connectivity index is 2.26. The van der Waals surface area contributed by atoms with Crippen molar-refractivity contribution in [2.75, 3.05) is 11.4 Å². The van der Waals surface area contributed by atoms with Gasteiger partial charge in [0.05, 0.1) is 10.7 Å². The summed E-state index contributed by atoms with van der Waals surface area (Å²) in [6, 6.07) is 6.83. The maximum absolute atomic E-state index is 6.26. The van der Waals surface area contributed by atoms with Gasteiger partial charge in [-0.25, -0.2) is 0 Å². The molecule has 1 fully saturated rings. The fraction of sp³-hybridized carbons (Fsp3) is 0.500. The van der Waals surface area contributed by atoms with Crippen LogP contribution in [0.1, 0.15) is 25.3 Å². The first-order valence-corrected chi connectivity index (χ1v) is 5.89. The number of hydrogen-bond donors (Lipinski definition) is 1. The third kappa shape index (κ3) is 2.27. The molecule has 0 amide bonds. The minimum atomic E-state index is 0.551. The van der Waals surface area contributed by atoms with E-state index in [1.165, 1.54) is 12.8 Å². The topological polar surface area (TPSA) is 29.3 Å². The molecule has 15 heavy (non-hydrogen) atoms. The summed E-state index contributed by atoms with van der Waals surface area (Å²) in [6.07, 6.45) is 2.59. The van der Waals surface area contributed by atoms with Gasteiger partial charge in [-0.1, -0.05) is 17.7 Å². The first kappa shape index (κ1) is 10.8. The highest BCUT2D eigenvalue weighted by Gasteiger charge is 2.29. The van der Waals surface area contributed by atoms with Crippen molar-refractivity contribution in [1.82, 2.24) is 0 Å². The maximum atomic E-state index is 6.26. The van der Waals surface area contributed by atoms with Gasteiger partial charge in [-0.15, -0.1) is 0 Å². The number of anilines is 1. The Labute approximate surface area is 96.0 Å². The van der Waals surface area contributed by atoms with E-state index in [0.717, 1.165) is 22.8 Å². The maximum Gasteiger partial charge on any atom is 0.0642 e. The molecule has 1 aliphatic rings. The summed E-state index contributed by atoms with van der Waals surface area (Å²) >= 11 is 6.26. The average Bonchev–Trinajstić information content (AvgIpc) is 3.05. The molecule has 0 saturated heterocycles. The van der Waals surface area contributed by atoms with Gasteiger partial charge >= 0.3 is 0 Å². The van der Waals surface area contributed by atoms with Crippen LogP contribution in [0.2, 0.25) is 5.02 Å². The van der Waals surface area contributed by atoms with E-state index in [1.807, 2.05) is 6.07 Å². The number of benzene rings is 1. The van der Waals surface area contributed by atoms with Crippen LogP contribution < -0.4 is 10.6 Å². The van der Waals surface area contributed by atoms with E-state index in [0.29, 0.717) is 12.6 Å². The highest BCUT2D eigenvalue weighted by molar-refractivity contribution is 6.33. The molecule has 1 aliphatic carbocycles. The van der Waals surface area contributed by atoms with Gasteiger partial charge in [-0.05, 0) is 37.5 Å². The molecule has 2 nitrogen and oxygen atoms in total. The van der Waals surface area contributed by atoms with Gasteiger partial charge in [0.1, 0.15) is 0 Å². The lowest BCUT2D eigenvalue weighted by Gasteiger charge is -2.24. The molecule has 3 heteroatoms. The summed E-state index contributed by atoms with van der Waals surface area (Å²) in [5.74, 6) is 0. The molecule has 2 rings (SSSR count). The molecule has 2 N–H and O–H groups in total. The molecule has 0 spiro atoms. The van der Waals surface area contributed by atoms with E-state index in [-0.39, 0.29) is 0 Å². The van der Waals surface area contributed by atoms with Gasteiger partial charge < -0.3 is 10.6 Å². The molecule has 0 heterocycles. The van der Waals surface area contributed by atoms with Gasteiger partial charge in [0.25, 0.3) is 0 Å². The molecular weight excluding hydrogens is 208 g/mol. The minimum absolute atomic E-state index is 0.551. The molecule has 0 aliphatic heterocycles. The van der Waals surface area contributed by atoms with Crippen molar-refractivity contribution in [3.63, 3.8) is 0 Å². The molecule has 0 radical (unpaired) electrons. The van der Waals surface area contributed by atoms with Gasteiger partial charge in [0, 0.05) is 19.1 Å². The first-order valence-electron chi connectivity index (χ1n) is 5.51. The molecule has 1 aromatic carbocycles. The van der Waals surface area contributed by atoms with Crippen LogP contribution in [0.3, 0.4) is 0 Å². The number of rotatable bonds is 4. The highest BCUT2D eigenvalue weighted by Crippen LogP contribution is 2.35. The van der Waals surface area contributed by atoms with Crippen molar-refractivity contribution in [3.8, 4) is 0 Å². The van der Waals surface area contributed by atoms with Crippen LogP contribution in [0.25, 0.3) is 0 Å². The molecule has 0 aromatic heterocycles.